The quantitative estimate of drug-likeness (QED) is 0.493. The highest BCUT2D eigenvalue weighted by molar-refractivity contribution is 7.20. The highest BCUT2D eigenvalue weighted by Crippen LogP contribution is 2.29. The van der Waals surface area contributed by atoms with Crippen molar-refractivity contribution in [2.75, 3.05) is 6.61 Å². The molecule has 0 saturated heterocycles. The Labute approximate surface area is 163 Å². The van der Waals surface area contributed by atoms with Crippen molar-refractivity contribution in [2.45, 2.75) is 40.2 Å². The summed E-state index contributed by atoms with van der Waals surface area (Å²) in [7, 11) is 0. The Bertz CT molecular complexity index is 1150. The van der Waals surface area contributed by atoms with E-state index in [1.807, 2.05) is 19.9 Å². The van der Waals surface area contributed by atoms with Gasteiger partial charge in [0.2, 0.25) is 5.78 Å². The SMILES string of the molecule is Cc1cc(C(=O)COC(=O)c2sc3nc4n(c(=O)c3c2C)CCC4)c(C)s1. The largest absolute Gasteiger partial charge is 0.453 e. The zero-order valence-corrected chi connectivity index (χ0v) is 16.9. The Kier molecular flexibility index (Phi) is 4.47. The molecule has 4 rings (SSSR count). The Morgan fingerprint density at radius 1 is 1.26 bits per heavy atom. The molecule has 0 fully saturated rings. The van der Waals surface area contributed by atoms with Gasteiger partial charge in [0.15, 0.2) is 6.61 Å². The Morgan fingerprint density at radius 2 is 2.04 bits per heavy atom. The predicted octanol–water partition coefficient (Wildman–Crippen LogP) is 3.43. The molecule has 0 aromatic carbocycles. The smallest absolute Gasteiger partial charge is 0.349 e. The molecule has 0 N–H and O–H groups in total. The van der Waals surface area contributed by atoms with Crippen molar-refractivity contribution >= 4 is 44.6 Å². The Balaban J connectivity index is 1.59. The van der Waals surface area contributed by atoms with E-state index in [0.29, 0.717) is 32.8 Å². The first kappa shape index (κ1) is 18.1. The van der Waals surface area contributed by atoms with Crippen molar-refractivity contribution in [3.63, 3.8) is 0 Å². The molecule has 8 heteroatoms. The number of aryl methyl sites for hydroxylation is 4. The molecular weight excluding hydrogens is 384 g/mol. The molecule has 1 aliphatic rings. The van der Waals surface area contributed by atoms with Crippen LogP contribution in [0.25, 0.3) is 10.2 Å². The van der Waals surface area contributed by atoms with Crippen molar-refractivity contribution in [1.82, 2.24) is 9.55 Å². The fourth-order valence-corrected chi connectivity index (χ4v) is 5.48. The fraction of sp³-hybridized carbons (Fsp3) is 0.368. The molecular formula is C19H18N2O4S2. The van der Waals surface area contributed by atoms with Crippen LogP contribution in [0.15, 0.2) is 10.9 Å². The number of ketones is 1. The van der Waals surface area contributed by atoms with Gasteiger partial charge in [-0.2, -0.15) is 0 Å². The van der Waals surface area contributed by atoms with E-state index in [4.69, 9.17) is 4.74 Å². The van der Waals surface area contributed by atoms with Gasteiger partial charge in [0, 0.05) is 28.3 Å². The summed E-state index contributed by atoms with van der Waals surface area (Å²) in [6, 6.07) is 1.81. The molecule has 4 heterocycles. The van der Waals surface area contributed by atoms with Crippen LogP contribution in [-0.2, 0) is 17.7 Å². The normalized spacial score (nSPS) is 13.1. The molecule has 3 aromatic rings. The van der Waals surface area contributed by atoms with Crippen LogP contribution >= 0.6 is 22.7 Å². The highest BCUT2D eigenvalue weighted by atomic mass is 32.1. The Hall–Kier alpha value is -2.32. The van der Waals surface area contributed by atoms with E-state index in [1.54, 1.807) is 22.8 Å². The zero-order valence-electron chi connectivity index (χ0n) is 15.2. The number of rotatable bonds is 4. The van der Waals surface area contributed by atoms with Gasteiger partial charge in [0.1, 0.15) is 15.5 Å². The van der Waals surface area contributed by atoms with Gasteiger partial charge in [-0.05, 0) is 38.8 Å². The van der Waals surface area contributed by atoms with E-state index in [0.717, 1.165) is 39.8 Å². The molecule has 0 radical (unpaired) electrons. The van der Waals surface area contributed by atoms with Gasteiger partial charge in [0.05, 0.1) is 5.39 Å². The molecule has 1 aliphatic heterocycles. The number of carbonyl (C=O) groups is 2. The fourth-order valence-electron chi connectivity index (χ4n) is 3.45. The lowest BCUT2D eigenvalue weighted by atomic mass is 10.2. The lowest BCUT2D eigenvalue weighted by Gasteiger charge is -2.03. The number of Topliss-reactive ketones (excluding diaryl/α,β-unsaturated/α-hetero) is 1. The molecule has 140 valence electrons. The van der Waals surface area contributed by atoms with Crippen LogP contribution in [0.3, 0.4) is 0 Å². The molecule has 3 aromatic heterocycles. The number of nitrogens with zero attached hydrogens (tertiary/aromatic N) is 2. The predicted molar refractivity (Wildman–Crippen MR) is 105 cm³/mol. The van der Waals surface area contributed by atoms with Crippen molar-refractivity contribution in [3.8, 4) is 0 Å². The topological polar surface area (TPSA) is 78.3 Å². The minimum absolute atomic E-state index is 0.0965. The van der Waals surface area contributed by atoms with Crippen LogP contribution in [0.2, 0.25) is 0 Å². The van der Waals surface area contributed by atoms with Gasteiger partial charge in [-0.3, -0.25) is 14.2 Å². The van der Waals surface area contributed by atoms with Crippen molar-refractivity contribution < 1.29 is 14.3 Å². The second kappa shape index (κ2) is 6.69. The van der Waals surface area contributed by atoms with Crippen LogP contribution in [0.5, 0.6) is 0 Å². The van der Waals surface area contributed by atoms with Crippen LogP contribution in [0.4, 0.5) is 0 Å². The van der Waals surface area contributed by atoms with Crippen LogP contribution in [0, 0.1) is 20.8 Å². The van der Waals surface area contributed by atoms with Gasteiger partial charge in [-0.1, -0.05) is 0 Å². The van der Waals surface area contributed by atoms with Crippen molar-refractivity contribution in [1.29, 1.82) is 0 Å². The van der Waals surface area contributed by atoms with Gasteiger partial charge in [-0.15, -0.1) is 22.7 Å². The van der Waals surface area contributed by atoms with E-state index in [-0.39, 0.29) is 17.9 Å². The number of carbonyl (C=O) groups excluding carboxylic acids is 2. The van der Waals surface area contributed by atoms with Crippen molar-refractivity contribution in [2.24, 2.45) is 0 Å². The standard InChI is InChI=1S/C19H18N2O4S2/c1-9-7-12(11(3)26-9)13(22)8-25-19(24)16-10(2)15-17(27-16)20-14-5-4-6-21(14)18(15)23/h7H,4-6,8H2,1-3H3. The second-order valence-corrected chi connectivity index (χ2v) is 9.11. The van der Waals surface area contributed by atoms with Gasteiger partial charge in [-0.25, -0.2) is 9.78 Å². The molecule has 0 aliphatic carbocycles. The summed E-state index contributed by atoms with van der Waals surface area (Å²) in [5.74, 6) is -0.0358. The monoisotopic (exact) mass is 402 g/mol. The maximum absolute atomic E-state index is 12.7. The summed E-state index contributed by atoms with van der Waals surface area (Å²) in [6.45, 7) is 5.90. The summed E-state index contributed by atoms with van der Waals surface area (Å²) in [4.78, 5) is 45.0. The number of aromatic nitrogens is 2. The molecule has 0 spiro atoms. The molecule has 0 bridgehead atoms. The lowest BCUT2D eigenvalue weighted by molar-refractivity contribution is 0.0479. The number of esters is 1. The second-order valence-electron chi connectivity index (χ2n) is 6.65. The first-order valence-corrected chi connectivity index (χ1v) is 10.3. The maximum Gasteiger partial charge on any atom is 0.349 e. The summed E-state index contributed by atoms with van der Waals surface area (Å²) in [5.41, 5.74) is 1.07. The number of hydrogen-bond acceptors (Lipinski definition) is 7. The van der Waals surface area contributed by atoms with E-state index >= 15 is 0 Å². The van der Waals surface area contributed by atoms with Gasteiger partial charge in [0.25, 0.3) is 5.56 Å². The van der Waals surface area contributed by atoms with Gasteiger partial charge >= 0.3 is 5.97 Å². The molecule has 6 nitrogen and oxygen atoms in total. The number of hydrogen-bond donors (Lipinski definition) is 0. The average Bonchev–Trinajstić information content (AvgIpc) is 3.30. The average molecular weight is 402 g/mol. The van der Waals surface area contributed by atoms with Crippen molar-refractivity contribution in [3.05, 3.63) is 48.0 Å². The number of thiophene rings is 2. The summed E-state index contributed by atoms with van der Waals surface area (Å²) in [5, 5.41) is 0.480. The molecule has 0 amide bonds. The molecule has 0 saturated carbocycles. The lowest BCUT2D eigenvalue weighted by Crippen LogP contribution is -2.20. The first-order valence-electron chi connectivity index (χ1n) is 8.67. The highest BCUT2D eigenvalue weighted by Gasteiger charge is 2.24. The number of ether oxygens (including phenoxy) is 1. The minimum atomic E-state index is -0.585. The van der Waals surface area contributed by atoms with Crippen LogP contribution in [-0.4, -0.2) is 27.9 Å². The maximum atomic E-state index is 12.7. The summed E-state index contributed by atoms with van der Waals surface area (Å²) >= 11 is 2.70. The molecule has 0 atom stereocenters. The number of fused-ring (bicyclic) bond motifs is 2. The van der Waals surface area contributed by atoms with E-state index in [1.165, 1.54) is 0 Å². The summed E-state index contributed by atoms with van der Waals surface area (Å²) in [6.07, 6.45) is 1.69. The third kappa shape index (κ3) is 3.02. The minimum Gasteiger partial charge on any atom is -0.453 e. The van der Waals surface area contributed by atoms with Crippen LogP contribution in [0.1, 0.15) is 47.6 Å². The third-order valence-corrected chi connectivity index (χ3v) is 6.90. The Morgan fingerprint density at radius 3 is 2.74 bits per heavy atom. The van der Waals surface area contributed by atoms with Gasteiger partial charge < -0.3 is 4.74 Å². The third-order valence-electron chi connectivity index (χ3n) is 4.77. The van der Waals surface area contributed by atoms with E-state index in [9.17, 15) is 14.4 Å². The van der Waals surface area contributed by atoms with E-state index < -0.39 is 5.97 Å². The first-order chi connectivity index (χ1) is 12.9. The summed E-state index contributed by atoms with van der Waals surface area (Å²) < 4.78 is 6.93. The molecule has 0 unspecified atom stereocenters. The zero-order chi connectivity index (χ0) is 19.3. The van der Waals surface area contributed by atoms with E-state index in [2.05, 4.69) is 4.98 Å². The molecule has 27 heavy (non-hydrogen) atoms. The van der Waals surface area contributed by atoms with Crippen LogP contribution < -0.4 is 5.56 Å².